The fraction of sp³-hybridized carbons (Fsp3) is 0.333. The van der Waals surface area contributed by atoms with Crippen LogP contribution in [0.25, 0.3) is 0 Å². The summed E-state index contributed by atoms with van der Waals surface area (Å²) in [4.78, 5) is 9.05. The number of hydrogen-bond donors (Lipinski definition) is 1. The number of pyridine rings is 2. The zero-order valence-electron chi connectivity index (χ0n) is 10.6. The molecule has 0 spiro atoms. The van der Waals surface area contributed by atoms with Crippen molar-refractivity contribution in [2.45, 2.75) is 32.1 Å². The van der Waals surface area contributed by atoms with Crippen LogP contribution < -0.4 is 5.73 Å². The van der Waals surface area contributed by atoms with Gasteiger partial charge in [-0.2, -0.15) is 0 Å². The molecule has 0 saturated carbocycles. The first-order valence-electron chi connectivity index (χ1n) is 6.41. The van der Waals surface area contributed by atoms with Crippen LogP contribution in [0.1, 0.15) is 41.3 Å². The molecule has 2 aromatic rings. The van der Waals surface area contributed by atoms with Gasteiger partial charge in [0.05, 0.1) is 17.6 Å². The molecule has 2 aromatic heterocycles. The Morgan fingerprint density at radius 3 is 3.06 bits per heavy atom. The number of nitrogen functional groups attached to an aromatic ring is 1. The Labute approximate surface area is 107 Å². The monoisotopic (exact) mass is 239 g/mol. The Hall–Kier alpha value is -1.90. The average Bonchev–Trinajstić information content (AvgIpc) is 2.41. The molecule has 0 saturated heterocycles. The van der Waals surface area contributed by atoms with Crippen LogP contribution in [-0.4, -0.2) is 9.97 Å². The molecule has 0 aliphatic heterocycles. The Morgan fingerprint density at radius 1 is 1.33 bits per heavy atom. The van der Waals surface area contributed by atoms with Gasteiger partial charge in [-0.05, 0) is 49.4 Å². The Balaban J connectivity index is 2.05. The van der Waals surface area contributed by atoms with E-state index in [9.17, 15) is 0 Å². The molecule has 2 N–H and O–H groups in total. The zero-order chi connectivity index (χ0) is 12.5. The summed E-state index contributed by atoms with van der Waals surface area (Å²) in [6, 6.07) is 6.30. The number of hydrogen-bond acceptors (Lipinski definition) is 3. The Bertz CT molecular complexity index is 578. The summed E-state index contributed by atoms with van der Waals surface area (Å²) in [6.07, 6.45) is 7.10. The molecule has 1 unspecified atom stereocenters. The van der Waals surface area contributed by atoms with E-state index in [1.165, 1.54) is 17.7 Å². The van der Waals surface area contributed by atoms with Crippen LogP contribution in [0.15, 0.2) is 30.6 Å². The molecule has 18 heavy (non-hydrogen) atoms. The van der Waals surface area contributed by atoms with Crippen LogP contribution in [0.5, 0.6) is 0 Å². The first-order chi connectivity index (χ1) is 8.75. The van der Waals surface area contributed by atoms with E-state index in [2.05, 4.69) is 22.1 Å². The fourth-order valence-corrected chi connectivity index (χ4v) is 2.68. The third kappa shape index (κ3) is 1.86. The van der Waals surface area contributed by atoms with E-state index in [0.29, 0.717) is 5.92 Å². The van der Waals surface area contributed by atoms with Crippen molar-refractivity contribution in [2.75, 3.05) is 5.73 Å². The summed E-state index contributed by atoms with van der Waals surface area (Å²) in [5.41, 5.74) is 11.4. The van der Waals surface area contributed by atoms with Crippen molar-refractivity contribution < 1.29 is 0 Å². The lowest BCUT2D eigenvalue weighted by Crippen LogP contribution is -2.14. The van der Waals surface area contributed by atoms with Gasteiger partial charge >= 0.3 is 0 Å². The van der Waals surface area contributed by atoms with Gasteiger partial charge in [0.2, 0.25) is 0 Å². The second kappa shape index (κ2) is 4.41. The van der Waals surface area contributed by atoms with E-state index in [0.717, 1.165) is 29.8 Å². The molecule has 0 bridgehead atoms. The maximum Gasteiger partial charge on any atom is 0.0530 e. The van der Waals surface area contributed by atoms with E-state index in [4.69, 9.17) is 5.73 Å². The van der Waals surface area contributed by atoms with Crippen LogP contribution in [0.4, 0.5) is 5.69 Å². The lowest BCUT2D eigenvalue weighted by molar-refractivity contribution is 0.587. The van der Waals surface area contributed by atoms with Gasteiger partial charge in [-0.1, -0.05) is 6.07 Å². The molecule has 1 aliphatic rings. The first-order valence-corrected chi connectivity index (χ1v) is 6.41. The maximum absolute atomic E-state index is 5.83. The van der Waals surface area contributed by atoms with Crippen LogP contribution >= 0.6 is 0 Å². The van der Waals surface area contributed by atoms with Crippen LogP contribution in [0, 0.1) is 6.92 Å². The second-order valence-electron chi connectivity index (χ2n) is 4.96. The molecule has 92 valence electrons. The topological polar surface area (TPSA) is 51.8 Å². The predicted molar refractivity (Wildman–Crippen MR) is 72.4 cm³/mol. The summed E-state index contributed by atoms with van der Waals surface area (Å²) >= 11 is 0. The van der Waals surface area contributed by atoms with E-state index >= 15 is 0 Å². The molecule has 0 fully saturated rings. The van der Waals surface area contributed by atoms with Gasteiger partial charge in [-0.3, -0.25) is 9.97 Å². The van der Waals surface area contributed by atoms with E-state index < -0.39 is 0 Å². The third-order valence-corrected chi connectivity index (χ3v) is 3.72. The third-order valence-electron chi connectivity index (χ3n) is 3.72. The summed E-state index contributed by atoms with van der Waals surface area (Å²) < 4.78 is 0. The van der Waals surface area contributed by atoms with Crippen molar-refractivity contribution in [2.24, 2.45) is 0 Å². The number of fused-ring (bicyclic) bond motifs is 1. The highest BCUT2D eigenvalue weighted by molar-refractivity contribution is 5.46. The predicted octanol–water partition coefficient (Wildman–Crippen LogP) is 2.84. The standard InChI is InChI=1S/C15H17N3/c1-10-8-14(18-9-13(10)16)12-6-2-4-11-5-3-7-17-15(11)12/h3,5,7-9,12H,2,4,6,16H2,1H3. The highest BCUT2D eigenvalue weighted by Gasteiger charge is 2.24. The van der Waals surface area contributed by atoms with Crippen LogP contribution in [-0.2, 0) is 6.42 Å². The van der Waals surface area contributed by atoms with Crippen molar-refractivity contribution in [3.63, 3.8) is 0 Å². The molecule has 0 aromatic carbocycles. The van der Waals surface area contributed by atoms with Crippen molar-refractivity contribution in [1.82, 2.24) is 9.97 Å². The molecule has 0 radical (unpaired) electrons. The molecule has 1 atom stereocenters. The minimum Gasteiger partial charge on any atom is -0.397 e. The lowest BCUT2D eigenvalue weighted by Gasteiger charge is -2.24. The van der Waals surface area contributed by atoms with Crippen LogP contribution in [0.2, 0.25) is 0 Å². The second-order valence-corrected chi connectivity index (χ2v) is 4.96. The van der Waals surface area contributed by atoms with Crippen LogP contribution in [0.3, 0.4) is 0 Å². The van der Waals surface area contributed by atoms with Gasteiger partial charge in [0.15, 0.2) is 0 Å². The number of anilines is 1. The van der Waals surface area contributed by atoms with E-state index in [1.54, 1.807) is 6.20 Å². The number of rotatable bonds is 1. The molecule has 3 nitrogen and oxygen atoms in total. The highest BCUT2D eigenvalue weighted by atomic mass is 14.8. The van der Waals surface area contributed by atoms with Crippen molar-refractivity contribution in [1.29, 1.82) is 0 Å². The van der Waals surface area contributed by atoms with E-state index in [-0.39, 0.29) is 0 Å². The van der Waals surface area contributed by atoms with Gasteiger partial charge in [0.1, 0.15) is 0 Å². The van der Waals surface area contributed by atoms with Crippen molar-refractivity contribution in [3.8, 4) is 0 Å². The van der Waals surface area contributed by atoms with Gasteiger partial charge < -0.3 is 5.73 Å². The normalized spacial score (nSPS) is 18.4. The fourth-order valence-electron chi connectivity index (χ4n) is 2.68. The minimum absolute atomic E-state index is 0.328. The largest absolute Gasteiger partial charge is 0.397 e. The molecule has 3 heteroatoms. The highest BCUT2D eigenvalue weighted by Crippen LogP contribution is 2.34. The summed E-state index contributed by atoms with van der Waals surface area (Å²) in [7, 11) is 0. The van der Waals surface area contributed by atoms with Crippen molar-refractivity contribution in [3.05, 3.63) is 53.1 Å². The molecular formula is C15H17N3. The zero-order valence-corrected chi connectivity index (χ0v) is 10.6. The van der Waals surface area contributed by atoms with Crippen molar-refractivity contribution >= 4 is 5.69 Å². The van der Waals surface area contributed by atoms with Gasteiger partial charge in [-0.15, -0.1) is 0 Å². The number of aromatic nitrogens is 2. The smallest absolute Gasteiger partial charge is 0.0530 e. The lowest BCUT2D eigenvalue weighted by atomic mass is 9.84. The first kappa shape index (κ1) is 11.2. The molecule has 0 amide bonds. The SMILES string of the molecule is Cc1cc(C2CCCc3cccnc32)ncc1N. The minimum atomic E-state index is 0.328. The average molecular weight is 239 g/mol. The Morgan fingerprint density at radius 2 is 2.22 bits per heavy atom. The number of nitrogens with zero attached hydrogens (tertiary/aromatic N) is 2. The van der Waals surface area contributed by atoms with E-state index in [1.807, 2.05) is 19.2 Å². The Kier molecular flexibility index (Phi) is 2.74. The number of aryl methyl sites for hydroxylation is 2. The van der Waals surface area contributed by atoms with Gasteiger partial charge in [0.25, 0.3) is 0 Å². The summed E-state index contributed by atoms with van der Waals surface area (Å²) in [5, 5.41) is 0. The molecule has 2 heterocycles. The summed E-state index contributed by atoms with van der Waals surface area (Å²) in [5.74, 6) is 0.328. The molecule has 3 rings (SSSR count). The molecular weight excluding hydrogens is 222 g/mol. The number of nitrogens with two attached hydrogens (primary N) is 1. The van der Waals surface area contributed by atoms with Gasteiger partial charge in [0, 0.05) is 17.8 Å². The summed E-state index contributed by atoms with van der Waals surface area (Å²) in [6.45, 7) is 2.03. The van der Waals surface area contributed by atoms with Gasteiger partial charge in [-0.25, -0.2) is 0 Å². The molecule has 1 aliphatic carbocycles. The quantitative estimate of drug-likeness (QED) is 0.832. The maximum atomic E-state index is 5.83.